The lowest BCUT2D eigenvalue weighted by molar-refractivity contribution is -0.143. The van der Waals surface area contributed by atoms with Crippen LogP contribution in [-0.2, 0) is 9.53 Å². The minimum absolute atomic E-state index is 0.0723. The maximum absolute atomic E-state index is 12.4. The molecule has 1 aromatic carbocycles. The van der Waals surface area contributed by atoms with Gasteiger partial charge in [-0.25, -0.2) is 9.97 Å². The van der Waals surface area contributed by atoms with E-state index in [2.05, 4.69) is 9.97 Å². The van der Waals surface area contributed by atoms with Gasteiger partial charge in [0.15, 0.2) is 6.10 Å². The van der Waals surface area contributed by atoms with Crippen LogP contribution in [0.5, 0.6) is 5.75 Å². The molecule has 0 unspecified atom stereocenters. The summed E-state index contributed by atoms with van der Waals surface area (Å²) in [4.78, 5) is 33.8. The third-order valence-electron chi connectivity index (χ3n) is 3.68. The number of carbonyl (C=O) groups excluding carboxylic acids is 2. The van der Waals surface area contributed by atoms with Gasteiger partial charge < -0.3 is 9.47 Å². The number of ether oxygens (including phenoxy) is 2. The molecule has 2 heterocycles. The number of Topliss-reactive ketones (excluding diaryl/α,β-unsaturated/α-hetero) is 1. The Kier molecular flexibility index (Phi) is 6.41. The van der Waals surface area contributed by atoms with Crippen molar-refractivity contribution in [3.63, 3.8) is 0 Å². The Labute approximate surface area is 164 Å². The molecule has 6 nitrogen and oxygen atoms in total. The molecule has 140 valence electrons. The number of hydrogen-bond acceptors (Lipinski definition) is 8. The fourth-order valence-corrected chi connectivity index (χ4v) is 3.97. The summed E-state index contributed by atoms with van der Waals surface area (Å²) in [5.41, 5.74) is 0.474. The number of thioether (sulfide) groups is 1. The zero-order valence-electron chi connectivity index (χ0n) is 14.9. The highest BCUT2D eigenvalue weighted by atomic mass is 32.2. The average Bonchev–Trinajstić information content (AvgIpc) is 3.16. The summed E-state index contributed by atoms with van der Waals surface area (Å²) in [6, 6.07) is 8.71. The summed E-state index contributed by atoms with van der Waals surface area (Å²) >= 11 is 2.79. The second-order valence-corrected chi connectivity index (χ2v) is 7.42. The van der Waals surface area contributed by atoms with Crippen LogP contribution in [0.15, 0.2) is 47.1 Å². The van der Waals surface area contributed by atoms with Crippen LogP contribution in [0, 0.1) is 0 Å². The van der Waals surface area contributed by atoms with Crippen LogP contribution >= 0.6 is 23.1 Å². The van der Waals surface area contributed by atoms with Crippen molar-refractivity contribution in [3.05, 3.63) is 47.6 Å². The molecule has 0 saturated heterocycles. The number of nitrogens with zero attached hydrogens (tertiary/aromatic N) is 2. The first-order valence-electron chi connectivity index (χ1n) is 8.36. The lowest BCUT2D eigenvalue weighted by Crippen LogP contribution is -2.25. The molecule has 0 amide bonds. The van der Waals surface area contributed by atoms with Gasteiger partial charge in [0.25, 0.3) is 0 Å². The van der Waals surface area contributed by atoms with Crippen molar-refractivity contribution in [1.82, 2.24) is 9.97 Å². The Bertz CT molecular complexity index is 940. The molecule has 1 atom stereocenters. The molecule has 0 radical (unpaired) electrons. The number of ketones is 1. The summed E-state index contributed by atoms with van der Waals surface area (Å²) in [5, 5.41) is 3.57. The molecule has 27 heavy (non-hydrogen) atoms. The van der Waals surface area contributed by atoms with E-state index in [0.717, 1.165) is 15.2 Å². The Balaban J connectivity index is 1.55. The summed E-state index contributed by atoms with van der Waals surface area (Å²) in [6.45, 7) is 4.02. The van der Waals surface area contributed by atoms with Gasteiger partial charge in [-0.1, -0.05) is 11.8 Å². The van der Waals surface area contributed by atoms with Crippen molar-refractivity contribution in [2.75, 3.05) is 12.4 Å². The molecule has 0 bridgehead atoms. The Morgan fingerprint density at radius 3 is 2.70 bits per heavy atom. The SMILES string of the molecule is CCOc1ccc(C(=O)[C@H](C)OC(=O)CSc2ncnc3sccc23)cc1. The van der Waals surface area contributed by atoms with Gasteiger partial charge in [-0.05, 0) is 49.6 Å². The van der Waals surface area contributed by atoms with E-state index in [1.165, 1.54) is 29.4 Å². The third kappa shape index (κ3) is 4.84. The van der Waals surface area contributed by atoms with E-state index in [4.69, 9.17) is 9.47 Å². The van der Waals surface area contributed by atoms with E-state index in [0.29, 0.717) is 17.9 Å². The van der Waals surface area contributed by atoms with Gasteiger partial charge in [0, 0.05) is 10.9 Å². The second kappa shape index (κ2) is 8.96. The zero-order chi connectivity index (χ0) is 19.2. The van der Waals surface area contributed by atoms with Gasteiger partial charge in [-0.3, -0.25) is 9.59 Å². The van der Waals surface area contributed by atoms with Crippen molar-refractivity contribution >= 4 is 45.1 Å². The smallest absolute Gasteiger partial charge is 0.317 e. The van der Waals surface area contributed by atoms with E-state index in [-0.39, 0.29) is 11.5 Å². The number of fused-ring (bicyclic) bond motifs is 1. The molecule has 0 aliphatic rings. The number of rotatable bonds is 8. The van der Waals surface area contributed by atoms with Gasteiger partial charge in [0.1, 0.15) is 21.9 Å². The maximum Gasteiger partial charge on any atom is 0.317 e. The van der Waals surface area contributed by atoms with Crippen molar-refractivity contribution in [3.8, 4) is 5.75 Å². The molecule has 0 saturated carbocycles. The third-order valence-corrected chi connectivity index (χ3v) is 5.48. The number of esters is 1. The second-order valence-electron chi connectivity index (χ2n) is 5.56. The van der Waals surface area contributed by atoms with Crippen LogP contribution in [0.3, 0.4) is 0 Å². The minimum atomic E-state index is -0.859. The predicted octanol–water partition coefficient (Wildman–Crippen LogP) is 4.00. The number of aromatic nitrogens is 2. The van der Waals surface area contributed by atoms with Crippen LogP contribution in [0.4, 0.5) is 0 Å². The highest BCUT2D eigenvalue weighted by Crippen LogP contribution is 2.27. The lowest BCUT2D eigenvalue weighted by atomic mass is 10.1. The molecule has 0 N–H and O–H groups in total. The van der Waals surface area contributed by atoms with Crippen LogP contribution in [-0.4, -0.2) is 40.2 Å². The fourth-order valence-electron chi connectivity index (χ4n) is 2.41. The average molecular weight is 402 g/mol. The molecule has 0 fully saturated rings. The largest absolute Gasteiger partial charge is 0.494 e. The number of thiophene rings is 1. The topological polar surface area (TPSA) is 78.4 Å². The lowest BCUT2D eigenvalue weighted by Gasteiger charge is -2.12. The van der Waals surface area contributed by atoms with Gasteiger partial charge in [0.2, 0.25) is 5.78 Å². The molecule has 3 rings (SSSR count). The Hall–Kier alpha value is -2.45. The fraction of sp³-hybridized carbons (Fsp3) is 0.263. The van der Waals surface area contributed by atoms with Gasteiger partial charge >= 0.3 is 5.97 Å². The highest BCUT2D eigenvalue weighted by Gasteiger charge is 2.20. The molecule has 0 aliphatic carbocycles. The van der Waals surface area contributed by atoms with Gasteiger partial charge in [-0.15, -0.1) is 11.3 Å². The molecular formula is C19H18N2O4S2. The van der Waals surface area contributed by atoms with Gasteiger partial charge in [0.05, 0.1) is 12.4 Å². The molecule has 8 heteroatoms. The monoisotopic (exact) mass is 402 g/mol. The molecule has 0 aliphatic heterocycles. The van der Waals surface area contributed by atoms with E-state index < -0.39 is 12.1 Å². The van der Waals surface area contributed by atoms with E-state index in [1.807, 2.05) is 18.4 Å². The van der Waals surface area contributed by atoms with E-state index in [9.17, 15) is 9.59 Å². The number of benzene rings is 1. The number of hydrogen-bond donors (Lipinski definition) is 0. The van der Waals surface area contributed by atoms with Crippen LogP contribution in [0.2, 0.25) is 0 Å². The standard InChI is InChI=1S/C19H18N2O4S2/c1-3-24-14-6-4-13(5-7-14)17(23)12(2)25-16(22)10-27-19-15-8-9-26-18(15)20-11-21-19/h4-9,11-12H,3,10H2,1-2H3/t12-/m0/s1. The van der Waals surface area contributed by atoms with E-state index >= 15 is 0 Å². The summed E-state index contributed by atoms with van der Waals surface area (Å²) in [7, 11) is 0. The quantitative estimate of drug-likeness (QED) is 0.244. The van der Waals surface area contributed by atoms with Crippen molar-refractivity contribution in [2.45, 2.75) is 25.0 Å². The normalized spacial score (nSPS) is 11.9. The molecule has 2 aromatic heterocycles. The summed E-state index contributed by atoms with van der Waals surface area (Å²) in [6.07, 6.45) is 0.618. The Morgan fingerprint density at radius 1 is 1.19 bits per heavy atom. The van der Waals surface area contributed by atoms with Crippen LogP contribution < -0.4 is 4.74 Å². The van der Waals surface area contributed by atoms with Gasteiger partial charge in [-0.2, -0.15) is 0 Å². The zero-order valence-corrected chi connectivity index (χ0v) is 16.5. The predicted molar refractivity (Wildman–Crippen MR) is 106 cm³/mol. The van der Waals surface area contributed by atoms with Crippen molar-refractivity contribution in [1.29, 1.82) is 0 Å². The first kappa shape index (κ1) is 19.3. The molecule has 3 aromatic rings. The van der Waals surface area contributed by atoms with Crippen LogP contribution in [0.25, 0.3) is 10.2 Å². The maximum atomic E-state index is 12.4. The highest BCUT2D eigenvalue weighted by molar-refractivity contribution is 8.00. The van der Waals surface area contributed by atoms with Crippen molar-refractivity contribution < 1.29 is 19.1 Å². The summed E-state index contributed by atoms with van der Waals surface area (Å²) < 4.78 is 10.6. The molecule has 0 spiro atoms. The van der Waals surface area contributed by atoms with E-state index in [1.54, 1.807) is 31.2 Å². The minimum Gasteiger partial charge on any atom is -0.494 e. The van der Waals surface area contributed by atoms with Crippen molar-refractivity contribution in [2.24, 2.45) is 0 Å². The number of carbonyl (C=O) groups is 2. The first-order valence-corrected chi connectivity index (χ1v) is 10.2. The first-order chi connectivity index (χ1) is 13.1. The molecular weight excluding hydrogens is 384 g/mol. The Morgan fingerprint density at radius 2 is 1.96 bits per heavy atom. The van der Waals surface area contributed by atoms with Crippen LogP contribution in [0.1, 0.15) is 24.2 Å². The summed E-state index contributed by atoms with van der Waals surface area (Å²) in [5.74, 6) is 0.0511.